The molecule has 2 aromatic rings. The van der Waals surface area contributed by atoms with Crippen LogP contribution in [0.5, 0.6) is 5.75 Å². The van der Waals surface area contributed by atoms with Gasteiger partial charge in [-0.15, -0.1) is 0 Å². The van der Waals surface area contributed by atoms with Crippen molar-refractivity contribution in [2.24, 2.45) is 0 Å². The largest absolute Gasteiger partial charge is 0.497 e. The monoisotopic (exact) mass is 355 g/mol. The lowest BCUT2D eigenvalue weighted by Crippen LogP contribution is -2.29. The first-order valence-corrected chi connectivity index (χ1v) is 8.15. The van der Waals surface area contributed by atoms with Gasteiger partial charge in [-0.2, -0.15) is 0 Å². The van der Waals surface area contributed by atoms with Crippen LogP contribution in [0.4, 0.5) is 5.69 Å². The van der Waals surface area contributed by atoms with Crippen molar-refractivity contribution in [1.82, 2.24) is 0 Å². The predicted molar refractivity (Wildman–Crippen MR) is 94.5 cm³/mol. The van der Waals surface area contributed by atoms with E-state index >= 15 is 0 Å². The van der Waals surface area contributed by atoms with Crippen LogP contribution in [0.25, 0.3) is 0 Å². The summed E-state index contributed by atoms with van der Waals surface area (Å²) in [6, 6.07) is 14.9. The van der Waals surface area contributed by atoms with Crippen molar-refractivity contribution < 1.29 is 4.74 Å². The van der Waals surface area contributed by atoms with Crippen LogP contribution in [0, 0.1) is 11.8 Å². The highest BCUT2D eigenvalue weighted by molar-refractivity contribution is 9.10. The zero-order valence-corrected chi connectivity index (χ0v) is 14.4. The molecular formula is C19H18BrNO. The Morgan fingerprint density at radius 2 is 2.09 bits per heavy atom. The molecule has 0 radical (unpaired) electrons. The van der Waals surface area contributed by atoms with E-state index in [0.717, 1.165) is 28.8 Å². The molecule has 0 aliphatic carbocycles. The standard InChI is InChI=1S/C19H18BrNO/c1-14-12-16-6-3-4-8-19(16)21(14)11-5-7-15-13-17(22-2)9-10-18(15)20/h3-4,6,8-10,13-14H,11-12H2,1-2H3. The van der Waals surface area contributed by atoms with E-state index in [1.165, 1.54) is 11.3 Å². The van der Waals surface area contributed by atoms with E-state index in [0.29, 0.717) is 6.04 Å². The van der Waals surface area contributed by atoms with Gasteiger partial charge in [0.15, 0.2) is 0 Å². The summed E-state index contributed by atoms with van der Waals surface area (Å²) < 4.78 is 6.25. The molecule has 3 rings (SSSR count). The van der Waals surface area contributed by atoms with Crippen molar-refractivity contribution in [3.05, 3.63) is 58.1 Å². The summed E-state index contributed by atoms with van der Waals surface area (Å²) in [6.45, 7) is 2.99. The molecule has 0 spiro atoms. The maximum Gasteiger partial charge on any atom is 0.120 e. The molecule has 0 fully saturated rings. The summed E-state index contributed by atoms with van der Waals surface area (Å²) in [5.41, 5.74) is 3.69. The summed E-state index contributed by atoms with van der Waals surface area (Å²) in [6.07, 6.45) is 1.10. The zero-order valence-electron chi connectivity index (χ0n) is 12.8. The third-order valence-corrected chi connectivity index (χ3v) is 4.69. The minimum Gasteiger partial charge on any atom is -0.497 e. The smallest absolute Gasteiger partial charge is 0.120 e. The number of rotatable bonds is 2. The van der Waals surface area contributed by atoms with Crippen LogP contribution < -0.4 is 9.64 Å². The van der Waals surface area contributed by atoms with Crippen molar-refractivity contribution in [2.45, 2.75) is 19.4 Å². The maximum atomic E-state index is 5.25. The van der Waals surface area contributed by atoms with Crippen molar-refractivity contribution in [3.8, 4) is 17.6 Å². The average molecular weight is 356 g/mol. The molecule has 1 aliphatic rings. The van der Waals surface area contributed by atoms with E-state index < -0.39 is 0 Å². The maximum absolute atomic E-state index is 5.25. The van der Waals surface area contributed by atoms with Crippen molar-refractivity contribution in [1.29, 1.82) is 0 Å². The number of fused-ring (bicyclic) bond motifs is 1. The van der Waals surface area contributed by atoms with Gasteiger partial charge in [0.1, 0.15) is 5.75 Å². The number of nitrogens with zero attached hydrogens (tertiary/aromatic N) is 1. The van der Waals surface area contributed by atoms with Crippen LogP contribution in [0.15, 0.2) is 46.9 Å². The van der Waals surface area contributed by atoms with Crippen LogP contribution in [0.1, 0.15) is 18.1 Å². The third-order valence-electron chi connectivity index (χ3n) is 3.99. The van der Waals surface area contributed by atoms with Crippen molar-refractivity contribution >= 4 is 21.6 Å². The minimum absolute atomic E-state index is 0.500. The first-order chi connectivity index (χ1) is 10.7. The molecule has 0 saturated carbocycles. The Kier molecular flexibility index (Phi) is 4.40. The lowest BCUT2D eigenvalue weighted by molar-refractivity contribution is 0.414. The molecule has 3 heteroatoms. The predicted octanol–water partition coefficient (Wildman–Crippen LogP) is 4.26. The highest BCUT2D eigenvalue weighted by Crippen LogP contribution is 2.31. The summed E-state index contributed by atoms with van der Waals surface area (Å²) in [5, 5.41) is 0. The molecule has 2 aromatic carbocycles. The van der Waals surface area contributed by atoms with Crippen LogP contribution >= 0.6 is 15.9 Å². The second-order valence-corrected chi connectivity index (χ2v) is 6.31. The van der Waals surface area contributed by atoms with Gasteiger partial charge in [-0.1, -0.05) is 30.0 Å². The molecule has 1 unspecified atom stereocenters. The first-order valence-electron chi connectivity index (χ1n) is 7.36. The Labute approximate surface area is 140 Å². The zero-order chi connectivity index (χ0) is 15.5. The van der Waals surface area contributed by atoms with Crippen LogP contribution in [0.3, 0.4) is 0 Å². The summed E-state index contributed by atoms with van der Waals surface area (Å²) in [4.78, 5) is 2.37. The van der Waals surface area contributed by atoms with E-state index in [2.05, 4.69) is 63.9 Å². The molecule has 1 atom stereocenters. The lowest BCUT2D eigenvalue weighted by Gasteiger charge is -2.21. The molecule has 0 N–H and O–H groups in total. The Hall–Kier alpha value is -1.92. The lowest BCUT2D eigenvalue weighted by atomic mass is 10.1. The molecule has 1 heterocycles. The van der Waals surface area contributed by atoms with Crippen LogP contribution in [0.2, 0.25) is 0 Å². The summed E-state index contributed by atoms with van der Waals surface area (Å²) in [5.74, 6) is 7.37. The van der Waals surface area contributed by atoms with Gasteiger partial charge in [0.05, 0.1) is 13.7 Å². The number of benzene rings is 2. The topological polar surface area (TPSA) is 12.5 Å². The summed E-state index contributed by atoms with van der Waals surface area (Å²) in [7, 11) is 1.67. The van der Waals surface area contributed by atoms with Crippen molar-refractivity contribution in [2.75, 3.05) is 18.6 Å². The van der Waals surface area contributed by atoms with E-state index in [-0.39, 0.29) is 0 Å². The SMILES string of the molecule is COc1ccc(Br)c(C#CCN2c3ccccc3CC2C)c1. The quantitative estimate of drug-likeness (QED) is 0.746. The van der Waals surface area contributed by atoms with E-state index in [9.17, 15) is 0 Å². The highest BCUT2D eigenvalue weighted by atomic mass is 79.9. The van der Waals surface area contributed by atoms with Gasteiger partial charge < -0.3 is 9.64 Å². The van der Waals surface area contributed by atoms with Gasteiger partial charge >= 0.3 is 0 Å². The highest BCUT2D eigenvalue weighted by Gasteiger charge is 2.24. The third kappa shape index (κ3) is 2.98. The normalized spacial score (nSPS) is 16.0. The number of hydrogen-bond donors (Lipinski definition) is 0. The number of halogens is 1. The Morgan fingerprint density at radius 3 is 2.91 bits per heavy atom. The Morgan fingerprint density at radius 1 is 1.27 bits per heavy atom. The molecule has 0 bridgehead atoms. The minimum atomic E-state index is 0.500. The van der Waals surface area contributed by atoms with Gasteiger partial charge in [0.2, 0.25) is 0 Å². The van der Waals surface area contributed by atoms with E-state index in [4.69, 9.17) is 4.74 Å². The molecule has 0 saturated heterocycles. The van der Waals surface area contributed by atoms with E-state index in [1.807, 2.05) is 18.2 Å². The second kappa shape index (κ2) is 6.46. The fraction of sp³-hybridized carbons (Fsp3) is 0.263. The summed E-state index contributed by atoms with van der Waals surface area (Å²) >= 11 is 3.54. The number of anilines is 1. The van der Waals surface area contributed by atoms with Crippen LogP contribution in [-0.2, 0) is 6.42 Å². The fourth-order valence-corrected chi connectivity index (χ4v) is 3.16. The van der Waals surface area contributed by atoms with Gasteiger partial charge in [0, 0.05) is 21.8 Å². The Balaban J connectivity index is 1.79. The molecule has 2 nitrogen and oxygen atoms in total. The van der Waals surface area contributed by atoms with Crippen molar-refractivity contribution in [3.63, 3.8) is 0 Å². The first kappa shape index (κ1) is 15.0. The van der Waals surface area contributed by atoms with E-state index in [1.54, 1.807) is 7.11 Å². The molecule has 22 heavy (non-hydrogen) atoms. The Bertz CT molecular complexity index is 745. The molecule has 0 amide bonds. The molecule has 1 aliphatic heterocycles. The fourth-order valence-electron chi connectivity index (χ4n) is 2.82. The molecule has 0 aromatic heterocycles. The van der Waals surface area contributed by atoms with Gasteiger partial charge in [0.25, 0.3) is 0 Å². The number of para-hydroxylation sites is 1. The molecular weight excluding hydrogens is 338 g/mol. The average Bonchev–Trinajstić information content (AvgIpc) is 2.85. The number of hydrogen-bond acceptors (Lipinski definition) is 2. The van der Waals surface area contributed by atoms with Gasteiger partial charge in [-0.3, -0.25) is 0 Å². The second-order valence-electron chi connectivity index (χ2n) is 5.46. The van der Waals surface area contributed by atoms with Gasteiger partial charge in [-0.05, 0) is 59.1 Å². The number of methoxy groups -OCH3 is 1. The molecule has 112 valence electrons. The van der Waals surface area contributed by atoms with Gasteiger partial charge in [-0.25, -0.2) is 0 Å². The number of ether oxygens (including phenoxy) is 1. The van der Waals surface area contributed by atoms with Crippen LogP contribution in [-0.4, -0.2) is 19.7 Å².